The number of β-amino-alcohol motifs (C(OH)–C–C–N with tert-alkyl or cyclic N) is 1. The van der Waals surface area contributed by atoms with Crippen LogP contribution in [-0.4, -0.2) is 44.7 Å². The summed E-state index contributed by atoms with van der Waals surface area (Å²) in [4.78, 5) is 26.4. The second-order valence-electron chi connectivity index (χ2n) is 8.12. The number of aliphatic hydroxyl groups excluding tert-OH is 1. The van der Waals surface area contributed by atoms with E-state index in [1.165, 1.54) is 4.90 Å². The molecule has 144 valence electrons. The van der Waals surface area contributed by atoms with Gasteiger partial charge in [0.1, 0.15) is 5.54 Å². The highest BCUT2D eigenvalue weighted by molar-refractivity contribution is 6.08. The number of nitrogens with zero attached hydrogens (tertiary/aromatic N) is 2. The van der Waals surface area contributed by atoms with Crippen molar-refractivity contribution in [3.8, 4) is 0 Å². The zero-order chi connectivity index (χ0) is 19.5. The third-order valence-corrected chi connectivity index (χ3v) is 6.16. The normalized spacial score (nSPS) is 23.6. The van der Waals surface area contributed by atoms with E-state index < -0.39 is 17.7 Å². The van der Waals surface area contributed by atoms with Crippen LogP contribution >= 0.6 is 0 Å². The summed E-state index contributed by atoms with van der Waals surface area (Å²) in [6.07, 6.45) is 1.07. The lowest BCUT2D eigenvalue weighted by Crippen LogP contribution is -2.46. The van der Waals surface area contributed by atoms with Crippen molar-refractivity contribution >= 4 is 33.7 Å². The zero-order valence-electron chi connectivity index (χ0n) is 15.8. The minimum absolute atomic E-state index is 0.00614. The van der Waals surface area contributed by atoms with Crippen molar-refractivity contribution in [2.75, 3.05) is 6.54 Å². The zero-order valence-corrected chi connectivity index (χ0v) is 15.8. The molecule has 6 nitrogen and oxygen atoms in total. The molecule has 2 aliphatic rings. The number of imide groups is 1. The van der Waals surface area contributed by atoms with Crippen LogP contribution in [0.1, 0.15) is 19.8 Å². The Labute approximate surface area is 162 Å². The van der Waals surface area contributed by atoms with Crippen molar-refractivity contribution in [3.05, 3.63) is 48.5 Å². The highest BCUT2D eigenvalue weighted by atomic mass is 16.3. The van der Waals surface area contributed by atoms with Gasteiger partial charge >= 0.3 is 6.03 Å². The second kappa shape index (κ2) is 6.07. The molecule has 1 saturated heterocycles. The highest BCUT2D eigenvalue weighted by Crippen LogP contribution is 2.42. The van der Waals surface area contributed by atoms with E-state index in [0.29, 0.717) is 6.54 Å². The van der Waals surface area contributed by atoms with Crippen LogP contribution in [0.5, 0.6) is 0 Å². The van der Waals surface area contributed by atoms with Gasteiger partial charge in [0.25, 0.3) is 5.91 Å². The van der Waals surface area contributed by atoms with Gasteiger partial charge in [-0.05, 0) is 37.8 Å². The van der Waals surface area contributed by atoms with Crippen LogP contribution in [0.15, 0.2) is 48.5 Å². The van der Waals surface area contributed by atoms with E-state index in [1.807, 2.05) is 36.4 Å². The van der Waals surface area contributed by atoms with E-state index in [1.54, 1.807) is 6.92 Å². The predicted molar refractivity (Wildman–Crippen MR) is 107 cm³/mol. The molecule has 1 aliphatic heterocycles. The smallest absolute Gasteiger partial charge is 0.325 e. The molecule has 2 atom stereocenters. The van der Waals surface area contributed by atoms with Crippen molar-refractivity contribution in [2.45, 2.75) is 38.0 Å². The Hall–Kier alpha value is -2.86. The Bertz CT molecular complexity index is 1050. The maximum atomic E-state index is 12.8. The van der Waals surface area contributed by atoms with Crippen molar-refractivity contribution in [1.82, 2.24) is 14.8 Å². The molecular weight excluding hydrogens is 354 g/mol. The van der Waals surface area contributed by atoms with E-state index in [4.69, 9.17) is 0 Å². The second-order valence-corrected chi connectivity index (χ2v) is 8.12. The number of para-hydroxylation sites is 2. The standard InChI is InChI=1S/C22H23N3O3/c1-22(14-10-11-14)20(27)25(21(28)23-22)13-15(26)12-24-18-8-4-2-6-16(18)17-7-3-5-9-19(17)24/h2-9,14-15,26H,10-13H2,1H3,(H,23,28)/t15-,22-/m0/s1. The molecular formula is C22H23N3O3. The first-order chi connectivity index (χ1) is 13.5. The fourth-order valence-electron chi connectivity index (χ4n) is 4.50. The van der Waals surface area contributed by atoms with Gasteiger partial charge in [-0.15, -0.1) is 0 Å². The van der Waals surface area contributed by atoms with E-state index in [2.05, 4.69) is 22.0 Å². The average Bonchev–Trinajstić information content (AvgIpc) is 3.48. The van der Waals surface area contributed by atoms with Gasteiger partial charge < -0.3 is 15.0 Å². The Balaban J connectivity index is 1.42. The fourth-order valence-corrected chi connectivity index (χ4v) is 4.50. The lowest BCUT2D eigenvalue weighted by Gasteiger charge is -2.22. The first kappa shape index (κ1) is 17.3. The molecule has 2 fully saturated rings. The lowest BCUT2D eigenvalue weighted by atomic mass is 9.96. The number of rotatable bonds is 5. The SMILES string of the molecule is C[C@@]1(C2CC2)NC(=O)N(C[C@@H](O)Cn2c3ccccc3c3ccccc32)C1=O. The number of urea groups is 1. The number of hydrogen-bond donors (Lipinski definition) is 2. The predicted octanol–water partition coefficient (Wildman–Crippen LogP) is 2.88. The Morgan fingerprint density at radius 1 is 1.04 bits per heavy atom. The summed E-state index contributed by atoms with van der Waals surface area (Å²) < 4.78 is 2.06. The van der Waals surface area contributed by atoms with Gasteiger partial charge in [-0.2, -0.15) is 0 Å². The number of nitrogens with one attached hydrogen (secondary N) is 1. The molecule has 0 bridgehead atoms. The van der Waals surface area contributed by atoms with Gasteiger partial charge in [-0.25, -0.2) is 4.79 Å². The molecule has 1 saturated carbocycles. The lowest BCUT2D eigenvalue weighted by molar-refractivity contribution is -0.132. The van der Waals surface area contributed by atoms with E-state index in [9.17, 15) is 14.7 Å². The molecule has 3 amide bonds. The van der Waals surface area contributed by atoms with Crippen LogP contribution in [0.3, 0.4) is 0 Å². The fraction of sp³-hybridized carbons (Fsp3) is 0.364. The molecule has 2 heterocycles. The van der Waals surface area contributed by atoms with E-state index >= 15 is 0 Å². The monoisotopic (exact) mass is 377 g/mol. The molecule has 3 aromatic rings. The quantitative estimate of drug-likeness (QED) is 0.672. The number of aliphatic hydroxyl groups is 1. The molecule has 0 unspecified atom stereocenters. The van der Waals surface area contributed by atoms with Gasteiger partial charge in [0.05, 0.1) is 19.2 Å². The number of carbonyl (C=O) groups excluding carboxylic acids is 2. The summed E-state index contributed by atoms with van der Waals surface area (Å²) in [5.74, 6) is -0.00954. The molecule has 2 N–H and O–H groups in total. The molecule has 6 heteroatoms. The van der Waals surface area contributed by atoms with Gasteiger partial charge in [-0.3, -0.25) is 9.69 Å². The highest BCUT2D eigenvalue weighted by Gasteiger charge is 2.56. The maximum absolute atomic E-state index is 12.8. The van der Waals surface area contributed by atoms with Crippen LogP contribution in [0, 0.1) is 5.92 Å². The molecule has 0 spiro atoms. The summed E-state index contributed by atoms with van der Waals surface area (Å²) in [6.45, 7) is 2.10. The topological polar surface area (TPSA) is 74.6 Å². The third-order valence-electron chi connectivity index (χ3n) is 6.16. The third kappa shape index (κ3) is 2.52. The van der Waals surface area contributed by atoms with E-state index in [-0.39, 0.29) is 18.4 Å². The summed E-state index contributed by atoms with van der Waals surface area (Å²) in [6, 6.07) is 15.7. The summed E-state index contributed by atoms with van der Waals surface area (Å²) in [5, 5.41) is 15.9. The largest absolute Gasteiger partial charge is 0.389 e. The number of hydrogen-bond acceptors (Lipinski definition) is 3. The molecule has 0 radical (unpaired) electrons. The van der Waals surface area contributed by atoms with Crippen molar-refractivity contribution in [2.24, 2.45) is 5.92 Å². The minimum Gasteiger partial charge on any atom is -0.389 e. The van der Waals surface area contributed by atoms with E-state index in [0.717, 1.165) is 34.6 Å². The molecule has 28 heavy (non-hydrogen) atoms. The number of carbonyl (C=O) groups is 2. The summed E-state index contributed by atoms with van der Waals surface area (Å²) >= 11 is 0. The Kier molecular flexibility index (Phi) is 3.74. The summed E-state index contributed by atoms with van der Waals surface area (Å²) in [7, 11) is 0. The Morgan fingerprint density at radius 3 is 2.18 bits per heavy atom. The molecule has 1 aliphatic carbocycles. The van der Waals surface area contributed by atoms with Crippen molar-refractivity contribution in [3.63, 3.8) is 0 Å². The number of amides is 3. The van der Waals surface area contributed by atoms with Crippen LogP contribution in [0.4, 0.5) is 4.79 Å². The molecule has 5 rings (SSSR count). The first-order valence-electron chi connectivity index (χ1n) is 9.77. The van der Waals surface area contributed by atoms with Gasteiger partial charge in [-0.1, -0.05) is 36.4 Å². The molecule has 1 aromatic heterocycles. The minimum atomic E-state index is -0.851. The van der Waals surface area contributed by atoms with Crippen LogP contribution < -0.4 is 5.32 Å². The number of fused-ring (bicyclic) bond motifs is 3. The molecule has 2 aromatic carbocycles. The number of benzene rings is 2. The average molecular weight is 377 g/mol. The maximum Gasteiger partial charge on any atom is 0.325 e. The van der Waals surface area contributed by atoms with Gasteiger partial charge in [0.2, 0.25) is 0 Å². The number of aromatic nitrogens is 1. The van der Waals surface area contributed by atoms with Gasteiger partial charge in [0, 0.05) is 21.8 Å². The van der Waals surface area contributed by atoms with Crippen LogP contribution in [0.25, 0.3) is 21.8 Å². The Morgan fingerprint density at radius 2 is 1.61 bits per heavy atom. The van der Waals surface area contributed by atoms with Crippen molar-refractivity contribution in [1.29, 1.82) is 0 Å². The first-order valence-corrected chi connectivity index (χ1v) is 9.77. The van der Waals surface area contributed by atoms with Crippen molar-refractivity contribution < 1.29 is 14.7 Å². The van der Waals surface area contributed by atoms with Gasteiger partial charge in [0.15, 0.2) is 0 Å². The van der Waals surface area contributed by atoms with Crippen LogP contribution in [-0.2, 0) is 11.3 Å². The van der Waals surface area contributed by atoms with Crippen LogP contribution in [0.2, 0.25) is 0 Å². The summed E-state index contributed by atoms with van der Waals surface area (Å²) in [5.41, 5.74) is 1.24.